The van der Waals surface area contributed by atoms with E-state index in [1.165, 1.54) is 73.0 Å². The summed E-state index contributed by atoms with van der Waals surface area (Å²) in [5.74, 6) is -7.43. The second-order valence-corrected chi connectivity index (χ2v) is 19.8. The van der Waals surface area contributed by atoms with Crippen molar-refractivity contribution in [2.75, 3.05) is 13.7 Å². The summed E-state index contributed by atoms with van der Waals surface area (Å²) in [5.41, 5.74) is 2.05. The van der Waals surface area contributed by atoms with Crippen LogP contribution < -0.4 is 48.3 Å². The third kappa shape index (κ3) is 18.8. The fraction of sp³-hybridized carbons (Fsp3) is 0.230. The first-order valence-corrected chi connectivity index (χ1v) is 25.4. The van der Waals surface area contributed by atoms with Crippen molar-refractivity contribution in [3.05, 3.63) is 202 Å². The van der Waals surface area contributed by atoms with Gasteiger partial charge in [0, 0.05) is 19.4 Å². The Morgan fingerprint density at radius 1 is 0.450 bits per heavy atom. The summed E-state index contributed by atoms with van der Waals surface area (Å²) in [6, 6.07) is 41.5. The lowest BCUT2D eigenvalue weighted by Crippen LogP contribution is -2.58. The summed E-state index contributed by atoms with van der Waals surface area (Å²) in [4.78, 5) is 125. The number of amides is 8. The Kier molecular flexibility index (Phi) is 21.8. The van der Waals surface area contributed by atoms with Gasteiger partial charge in [-0.15, -0.1) is 0 Å². The third-order valence-electron chi connectivity index (χ3n) is 11.8. The summed E-state index contributed by atoms with van der Waals surface area (Å²) in [7, 11) is 1.17. The molecular weight excluding hydrogens is 1020 g/mol. The average molecular weight is 1090 g/mol. The van der Waals surface area contributed by atoms with Crippen LogP contribution in [0.1, 0.15) is 75.8 Å². The minimum absolute atomic E-state index is 0.0203. The number of benzene rings is 5. The van der Waals surface area contributed by atoms with Crippen molar-refractivity contribution in [1.29, 1.82) is 0 Å². The maximum absolute atomic E-state index is 14.8. The topological polar surface area (TPSA) is 285 Å². The molecule has 8 amide bonds. The lowest BCUT2D eigenvalue weighted by Gasteiger charge is -2.28. The van der Waals surface area contributed by atoms with Gasteiger partial charge >= 0.3 is 5.97 Å². The highest BCUT2D eigenvalue weighted by atomic mass is 16.5. The lowest BCUT2D eigenvalue weighted by atomic mass is 10.0. The van der Waals surface area contributed by atoms with Gasteiger partial charge in [-0.05, 0) is 93.7 Å². The summed E-state index contributed by atoms with van der Waals surface area (Å²) in [6.07, 6.45) is 5.36. The number of hydrogen-bond acceptors (Lipinski definition) is 11. The molecule has 0 radical (unpaired) electrons. The van der Waals surface area contributed by atoms with Gasteiger partial charge in [-0.25, -0.2) is 4.79 Å². The van der Waals surface area contributed by atoms with Crippen molar-refractivity contribution < 1.29 is 47.9 Å². The van der Waals surface area contributed by atoms with Crippen LogP contribution in [0.2, 0.25) is 0 Å². The summed E-state index contributed by atoms with van der Waals surface area (Å²) >= 11 is 0. The number of ether oxygens (including phenoxy) is 1. The number of methoxy groups -OCH3 is 1. The van der Waals surface area contributed by atoms with Crippen molar-refractivity contribution >= 4 is 77.5 Å². The van der Waals surface area contributed by atoms with Gasteiger partial charge < -0.3 is 53.0 Å². The number of hydrogen-bond donors (Lipinski definition) is 9. The van der Waals surface area contributed by atoms with Crippen LogP contribution >= 0.6 is 0 Å². The molecule has 0 saturated carbocycles. The van der Waals surface area contributed by atoms with Gasteiger partial charge in [-0.3, -0.25) is 38.4 Å². The van der Waals surface area contributed by atoms with E-state index in [2.05, 4.69) is 42.5 Å². The van der Waals surface area contributed by atoms with Gasteiger partial charge in [-0.2, -0.15) is 0 Å². The quantitative estimate of drug-likeness (QED) is 0.0305. The Labute approximate surface area is 465 Å². The van der Waals surface area contributed by atoms with E-state index in [1.807, 2.05) is 0 Å². The molecule has 0 bridgehead atoms. The molecule has 0 fully saturated rings. The zero-order chi connectivity index (χ0) is 58.5. The van der Waals surface area contributed by atoms with Gasteiger partial charge in [0.2, 0.25) is 23.6 Å². The van der Waals surface area contributed by atoms with Crippen molar-refractivity contribution in [1.82, 2.24) is 42.5 Å². The van der Waals surface area contributed by atoms with E-state index in [0.29, 0.717) is 27.8 Å². The van der Waals surface area contributed by atoms with E-state index in [1.54, 1.807) is 152 Å². The molecule has 5 aromatic rings. The standard InChI is InChI=1S/C61H67N9O10/c1-59(2,68-53(74)47(63-50(71)33-34-62)37-42-27-17-10-18-28-42)56(77)66-46(36-41-25-15-9-16-26-41)52(73)64-45(35-40-23-13-8-14-24-40)51(72)65-48(38-43-29-19-11-20-30-43)54(75)69-60(3,4)57(78)67-49(39-44-31-21-12-22-32-44)55(76)70-61(5,6)58(79)80-7/h8-32,36-39,45H,33-35,62H2,1-7H3,(H,63,71)(H,64,73)(H,65,72)(H,66,77)(H,67,78)(H,68,74)(H,69,75)(H,70,76)/b46-36-,47-37-,48-38-,49-39-/t45-/m0/s1. The molecule has 10 N–H and O–H groups in total. The van der Waals surface area contributed by atoms with Crippen molar-refractivity contribution in [3.63, 3.8) is 0 Å². The normalized spacial score (nSPS) is 12.6. The minimum atomic E-state index is -1.80. The summed E-state index contributed by atoms with van der Waals surface area (Å²) < 4.78 is 4.84. The molecule has 5 aromatic carbocycles. The van der Waals surface area contributed by atoms with Gasteiger partial charge in [0.05, 0.1) is 7.11 Å². The molecule has 0 heterocycles. The summed E-state index contributed by atoms with van der Waals surface area (Å²) in [6.45, 7) is 8.42. The Hall–Kier alpha value is -9.75. The zero-order valence-electron chi connectivity index (χ0n) is 45.6. The highest BCUT2D eigenvalue weighted by Gasteiger charge is 2.37. The first-order valence-electron chi connectivity index (χ1n) is 25.4. The molecule has 1 atom stereocenters. The molecule has 5 rings (SSSR count). The second-order valence-electron chi connectivity index (χ2n) is 19.8. The van der Waals surface area contributed by atoms with E-state index >= 15 is 0 Å². The Balaban J connectivity index is 1.45. The SMILES string of the molecule is COC(=O)C(C)(C)NC(=O)/C(=C/c1ccccc1)NC(=O)C(C)(C)NC(=O)/C(=C/c1ccccc1)NC(=O)[C@H](Cc1ccccc1)NC(=O)/C(=C/c1ccccc1)NC(=O)C(C)(C)NC(=O)/C(=C/c1ccccc1)NC(=O)CCN. The molecule has 19 heteroatoms. The van der Waals surface area contributed by atoms with Crippen molar-refractivity contribution in [3.8, 4) is 0 Å². The highest BCUT2D eigenvalue weighted by Crippen LogP contribution is 2.16. The highest BCUT2D eigenvalue weighted by molar-refractivity contribution is 6.10. The van der Waals surface area contributed by atoms with Crippen LogP contribution in [0.3, 0.4) is 0 Å². The van der Waals surface area contributed by atoms with E-state index < -0.39 is 75.9 Å². The Morgan fingerprint density at radius 3 is 1.14 bits per heavy atom. The van der Waals surface area contributed by atoms with Crippen LogP contribution in [0.4, 0.5) is 0 Å². The van der Waals surface area contributed by atoms with Gasteiger partial charge in [0.25, 0.3) is 23.6 Å². The molecule has 0 aliphatic rings. The van der Waals surface area contributed by atoms with Crippen LogP contribution in [-0.2, 0) is 54.3 Å². The lowest BCUT2D eigenvalue weighted by molar-refractivity contribution is -0.149. The van der Waals surface area contributed by atoms with E-state index in [0.717, 1.165) is 0 Å². The molecule has 19 nitrogen and oxygen atoms in total. The molecule has 0 aliphatic carbocycles. The maximum Gasteiger partial charge on any atom is 0.330 e. The zero-order valence-corrected chi connectivity index (χ0v) is 45.6. The van der Waals surface area contributed by atoms with E-state index in [9.17, 15) is 43.2 Å². The number of rotatable bonds is 24. The molecule has 416 valence electrons. The van der Waals surface area contributed by atoms with Crippen LogP contribution in [0.5, 0.6) is 0 Å². The van der Waals surface area contributed by atoms with Gasteiger partial charge in [0.15, 0.2) is 0 Å². The van der Waals surface area contributed by atoms with Crippen molar-refractivity contribution in [2.24, 2.45) is 5.73 Å². The van der Waals surface area contributed by atoms with Crippen LogP contribution in [0.15, 0.2) is 174 Å². The van der Waals surface area contributed by atoms with Gasteiger partial charge in [-0.1, -0.05) is 152 Å². The number of nitrogens with one attached hydrogen (secondary N) is 8. The van der Waals surface area contributed by atoms with Crippen LogP contribution in [0.25, 0.3) is 24.3 Å². The molecule has 0 aromatic heterocycles. The third-order valence-corrected chi connectivity index (χ3v) is 11.8. The predicted molar refractivity (Wildman–Crippen MR) is 305 cm³/mol. The number of esters is 1. The first-order chi connectivity index (χ1) is 38.0. The number of carbonyl (C=O) groups excluding carboxylic acids is 9. The Bertz CT molecular complexity index is 3160. The average Bonchev–Trinajstić information content (AvgIpc) is 3.43. The monoisotopic (exact) mass is 1090 g/mol. The fourth-order valence-corrected chi connectivity index (χ4v) is 7.39. The molecule has 80 heavy (non-hydrogen) atoms. The molecule has 0 spiro atoms. The van der Waals surface area contributed by atoms with E-state index in [-0.39, 0.29) is 42.2 Å². The van der Waals surface area contributed by atoms with Crippen LogP contribution in [-0.4, -0.2) is 89.5 Å². The molecule has 0 aliphatic heterocycles. The van der Waals surface area contributed by atoms with Crippen LogP contribution in [0, 0.1) is 0 Å². The van der Waals surface area contributed by atoms with Crippen molar-refractivity contribution in [2.45, 2.75) is 77.0 Å². The Morgan fingerprint density at radius 2 is 0.775 bits per heavy atom. The number of nitrogens with two attached hydrogens (primary N) is 1. The summed E-state index contributed by atoms with van der Waals surface area (Å²) in [5, 5.41) is 21.0. The predicted octanol–water partition coefficient (Wildman–Crippen LogP) is 4.55. The largest absolute Gasteiger partial charge is 0.467 e. The smallest absolute Gasteiger partial charge is 0.330 e. The molecular formula is C61H67N9O10. The molecule has 0 saturated heterocycles. The second kappa shape index (κ2) is 28.6. The first kappa shape index (κ1) is 61.1. The fourth-order valence-electron chi connectivity index (χ4n) is 7.39. The van der Waals surface area contributed by atoms with Gasteiger partial charge in [0.1, 0.15) is 45.4 Å². The maximum atomic E-state index is 14.8. The number of carbonyl (C=O) groups is 9. The van der Waals surface area contributed by atoms with E-state index in [4.69, 9.17) is 10.5 Å². The minimum Gasteiger partial charge on any atom is -0.467 e. The molecule has 0 unspecified atom stereocenters.